The molecule has 0 aliphatic rings. The highest BCUT2D eigenvalue weighted by Crippen LogP contribution is 2.24. The molecule has 134 valence electrons. The van der Waals surface area contributed by atoms with E-state index in [1.807, 2.05) is 6.07 Å². The van der Waals surface area contributed by atoms with Crippen molar-refractivity contribution in [2.45, 2.75) is 13.3 Å². The van der Waals surface area contributed by atoms with Crippen molar-refractivity contribution < 1.29 is 17.9 Å². The van der Waals surface area contributed by atoms with E-state index in [2.05, 4.69) is 15.3 Å². The Balaban J connectivity index is 1.80. The fourth-order valence-electron chi connectivity index (χ4n) is 2.48. The Hall–Kier alpha value is -3.16. The highest BCUT2D eigenvalue weighted by molar-refractivity contribution is 5.58. The number of pyridine rings is 1. The summed E-state index contributed by atoms with van der Waals surface area (Å²) in [4.78, 5) is 8.19. The van der Waals surface area contributed by atoms with Gasteiger partial charge in [0.25, 0.3) is 0 Å². The van der Waals surface area contributed by atoms with Crippen LogP contribution >= 0.6 is 0 Å². The van der Waals surface area contributed by atoms with E-state index in [0.29, 0.717) is 35.3 Å². The predicted molar refractivity (Wildman–Crippen MR) is 89.7 cm³/mol. The Kier molecular flexibility index (Phi) is 5.01. The average Bonchev–Trinajstić information content (AvgIpc) is 2.57. The first-order valence-electron chi connectivity index (χ1n) is 7.84. The molecule has 0 amide bonds. The number of nitrogens with one attached hydrogen (secondary N) is 1. The number of halogens is 3. The van der Waals surface area contributed by atoms with Crippen molar-refractivity contribution in [2.24, 2.45) is 0 Å². The second-order valence-corrected chi connectivity index (χ2v) is 5.72. The van der Waals surface area contributed by atoms with E-state index >= 15 is 0 Å². The van der Waals surface area contributed by atoms with Gasteiger partial charge in [-0.25, -0.2) is 23.1 Å². The monoisotopic (exact) mass is 360 g/mol. The van der Waals surface area contributed by atoms with Gasteiger partial charge in [0.15, 0.2) is 29.9 Å². The molecule has 0 atom stereocenters. The van der Waals surface area contributed by atoms with Gasteiger partial charge in [0.05, 0.1) is 5.56 Å². The molecule has 0 bridgehead atoms. The molecule has 0 unspecified atom stereocenters. The van der Waals surface area contributed by atoms with E-state index in [-0.39, 0.29) is 11.4 Å². The average molecular weight is 360 g/mol. The second-order valence-electron chi connectivity index (χ2n) is 5.72. The fourth-order valence-corrected chi connectivity index (χ4v) is 2.48. The summed E-state index contributed by atoms with van der Waals surface area (Å²) < 4.78 is 41.5. The Bertz CT molecular complexity index is 950. The zero-order valence-corrected chi connectivity index (χ0v) is 13.8. The highest BCUT2D eigenvalue weighted by Gasteiger charge is 2.16. The number of rotatable bonds is 5. The van der Waals surface area contributed by atoms with Crippen molar-refractivity contribution in [2.75, 3.05) is 11.9 Å². The van der Waals surface area contributed by atoms with Crippen molar-refractivity contribution in [3.63, 3.8) is 0 Å². The van der Waals surface area contributed by atoms with Gasteiger partial charge in [-0.1, -0.05) is 0 Å². The highest BCUT2D eigenvalue weighted by atomic mass is 19.2. The van der Waals surface area contributed by atoms with Crippen LogP contribution in [0.2, 0.25) is 0 Å². The SMILES string of the molecule is Cc1cc(NCCc2ccc[n+]([O-])c2)nc(-c2cc(F)cc(F)c2F)n1. The smallest absolute Gasteiger partial charge is 0.183 e. The molecule has 26 heavy (non-hydrogen) atoms. The standard InChI is InChI=1S/C18H15F3N4O/c1-11-7-16(22-5-4-12-3-2-6-25(26)10-12)24-18(23-11)14-8-13(19)9-15(20)17(14)21/h2-3,6-10H,4-5H2,1H3,(H,22,23,24). The van der Waals surface area contributed by atoms with Crippen LogP contribution in [-0.2, 0) is 6.42 Å². The lowest BCUT2D eigenvalue weighted by atomic mass is 10.1. The van der Waals surface area contributed by atoms with E-state index in [1.54, 1.807) is 19.1 Å². The Morgan fingerprint density at radius 3 is 2.73 bits per heavy atom. The first kappa shape index (κ1) is 17.7. The summed E-state index contributed by atoms with van der Waals surface area (Å²) in [6, 6.07) is 6.42. The molecule has 0 saturated heterocycles. The molecule has 3 rings (SSSR count). The number of nitrogens with zero attached hydrogens (tertiary/aromatic N) is 3. The molecule has 0 aliphatic carbocycles. The number of aryl methyl sites for hydroxylation is 1. The minimum absolute atomic E-state index is 0.111. The first-order valence-corrected chi connectivity index (χ1v) is 7.84. The minimum Gasteiger partial charge on any atom is -0.619 e. The molecule has 8 heteroatoms. The maximum absolute atomic E-state index is 14.0. The predicted octanol–water partition coefficient (Wildman–Crippen LogP) is 3.16. The van der Waals surface area contributed by atoms with Gasteiger partial charge in [-0.2, -0.15) is 4.73 Å². The van der Waals surface area contributed by atoms with Gasteiger partial charge in [-0.05, 0) is 25.5 Å². The lowest BCUT2D eigenvalue weighted by Gasteiger charge is -2.09. The molecule has 3 aromatic rings. The third-order valence-electron chi connectivity index (χ3n) is 3.64. The normalized spacial score (nSPS) is 10.8. The Labute approximate surface area is 147 Å². The molecule has 1 N–H and O–H groups in total. The molecule has 0 fully saturated rings. The van der Waals surface area contributed by atoms with Crippen LogP contribution < -0.4 is 10.0 Å². The van der Waals surface area contributed by atoms with E-state index < -0.39 is 17.5 Å². The van der Waals surface area contributed by atoms with Gasteiger partial charge in [0, 0.05) is 36.0 Å². The molecule has 0 radical (unpaired) electrons. The third-order valence-corrected chi connectivity index (χ3v) is 3.64. The molecule has 0 saturated carbocycles. The Morgan fingerprint density at radius 2 is 1.96 bits per heavy atom. The first-order chi connectivity index (χ1) is 12.4. The quantitative estimate of drug-likeness (QED) is 0.431. The van der Waals surface area contributed by atoms with E-state index in [0.717, 1.165) is 11.6 Å². The van der Waals surface area contributed by atoms with E-state index in [9.17, 15) is 18.4 Å². The van der Waals surface area contributed by atoms with Crippen molar-refractivity contribution in [1.29, 1.82) is 0 Å². The lowest BCUT2D eigenvalue weighted by molar-refractivity contribution is -0.605. The number of hydrogen-bond acceptors (Lipinski definition) is 4. The van der Waals surface area contributed by atoms with Crippen molar-refractivity contribution >= 4 is 5.82 Å². The van der Waals surface area contributed by atoms with Crippen LogP contribution in [0.3, 0.4) is 0 Å². The second kappa shape index (κ2) is 7.38. The van der Waals surface area contributed by atoms with Crippen LogP contribution in [-0.4, -0.2) is 16.5 Å². The molecule has 2 heterocycles. The van der Waals surface area contributed by atoms with Crippen molar-refractivity contribution in [1.82, 2.24) is 9.97 Å². The van der Waals surface area contributed by atoms with Gasteiger partial charge in [0.2, 0.25) is 0 Å². The number of aromatic nitrogens is 3. The summed E-state index contributed by atoms with van der Waals surface area (Å²) in [5, 5.41) is 14.3. The summed E-state index contributed by atoms with van der Waals surface area (Å²) in [6.07, 6.45) is 3.41. The van der Waals surface area contributed by atoms with Crippen molar-refractivity contribution in [3.05, 3.63) is 76.6 Å². The van der Waals surface area contributed by atoms with Crippen LogP contribution in [0.25, 0.3) is 11.4 Å². The largest absolute Gasteiger partial charge is 0.619 e. The zero-order chi connectivity index (χ0) is 18.7. The third kappa shape index (κ3) is 4.08. The molecular formula is C18H15F3N4O. The minimum atomic E-state index is -1.30. The van der Waals surface area contributed by atoms with Gasteiger partial charge in [-0.3, -0.25) is 0 Å². The molecule has 1 aromatic carbocycles. The van der Waals surface area contributed by atoms with Crippen LogP contribution in [0.5, 0.6) is 0 Å². The van der Waals surface area contributed by atoms with Crippen LogP contribution in [0, 0.1) is 29.6 Å². The summed E-state index contributed by atoms with van der Waals surface area (Å²) in [5.41, 5.74) is 1.00. The summed E-state index contributed by atoms with van der Waals surface area (Å²) >= 11 is 0. The van der Waals surface area contributed by atoms with E-state index in [1.165, 1.54) is 12.4 Å². The summed E-state index contributed by atoms with van der Waals surface area (Å²) in [5.74, 6) is -3.13. The number of anilines is 1. The maximum atomic E-state index is 14.0. The van der Waals surface area contributed by atoms with Gasteiger partial charge in [-0.15, -0.1) is 0 Å². The molecule has 0 aliphatic heterocycles. The van der Waals surface area contributed by atoms with Crippen LogP contribution in [0.1, 0.15) is 11.3 Å². The molecule has 2 aromatic heterocycles. The lowest BCUT2D eigenvalue weighted by Crippen LogP contribution is -2.25. The van der Waals surface area contributed by atoms with Crippen molar-refractivity contribution in [3.8, 4) is 11.4 Å². The summed E-state index contributed by atoms with van der Waals surface area (Å²) in [6.45, 7) is 2.13. The molecular weight excluding hydrogens is 345 g/mol. The van der Waals surface area contributed by atoms with Crippen LogP contribution in [0.4, 0.5) is 19.0 Å². The zero-order valence-electron chi connectivity index (χ0n) is 13.8. The Morgan fingerprint density at radius 1 is 1.15 bits per heavy atom. The summed E-state index contributed by atoms with van der Waals surface area (Å²) in [7, 11) is 0. The molecule has 5 nitrogen and oxygen atoms in total. The van der Waals surface area contributed by atoms with Crippen LogP contribution in [0.15, 0.2) is 42.7 Å². The topological polar surface area (TPSA) is 64.8 Å². The maximum Gasteiger partial charge on any atom is 0.183 e. The molecule has 0 spiro atoms. The van der Waals surface area contributed by atoms with Gasteiger partial charge < -0.3 is 10.5 Å². The van der Waals surface area contributed by atoms with Gasteiger partial charge >= 0.3 is 0 Å². The number of hydrogen-bond donors (Lipinski definition) is 1. The van der Waals surface area contributed by atoms with Gasteiger partial charge in [0.1, 0.15) is 11.6 Å². The number of benzene rings is 1. The fraction of sp³-hybridized carbons (Fsp3) is 0.167. The van der Waals surface area contributed by atoms with E-state index in [4.69, 9.17) is 0 Å².